The van der Waals surface area contributed by atoms with Crippen LogP contribution in [0.1, 0.15) is 11.1 Å². The molecule has 0 fully saturated rings. The lowest BCUT2D eigenvalue weighted by Gasteiger charge is -2.10. The largest absolute Gasteiger partial charge is 0.416 e. The molecule has 134 valence electrons. The van der Waals surface area contributed by atoms with Gasteiger partial charge in [0.2, 0.25) is 5.91 Å². The summed E-state index contributed by atoms with van der Waals surface area (Å²) in [6.07, 6.45) is -4.64. The Labute approximate surface area is 141 Å². The van der Waals surface area contributed by atoms with Crippen LogP contribution >= 0.6 is 0 Å². The molecule has 6 nitrogen and oxygen atoms in total. The van der Waals surface area contributed by atoms with Gasteiger partial charge in [0, 0.05) is 5.69 Å². The van der Waals surface area contributed by atoms with Gasteiger partial charge in [-0.25, -0.2) is 13.9 Å². The minimum atomic E-state index is -4.55. The second-order valence-electron chi connectivity index (χ2n) is 5.04. The van der Waals surface area contributed by atoms with Gasteiger partial charge in [0.1, 0.15) is 0 Å². The number of amides is 1. The van der Waals surface area contributed by atoms with E-state index < -0.39 is 27.7 Å². The maximum Gasteiger partial charge on any atom is 0.416 e. The van der Waals surface area contributed by atoms with Crippen LogP contribution in [0.2, 0.25) is 0 Å². The highest BCUT2D eigenvalue weighted by atomic mass is 32.2. The quantitative estimate of drug-likeness (QED) is 0.554. The van der Waals surface area contributed by atoms with E-state index in [0.717, 1.165) is 12.1 Å². The fraction of sp³-hybridized carbons (Fsp3) is 0.133. The zero-order valence-corrected chi connectivity index (χ0v) is 13.4. The molecular weight excluding hydrogens is 361 g/mol. The molecule has 0 bridgehead atoms. The predicted molar refractivity (Wildman–Crippen MR) is 82.3 cm³/mol. The van der Waals surface area contributed by atoms with E-state index in [4.69, 9.17) is 5.21 Å². The number of hydroxylamine groups is 1. The summed E-state index contributed by atoms with van der Waals surface area (Å²) in [5, 5.41) is 8.44. The van der Waals surface area contributed by atoms with Gasteiger partial charge in [-0.15, -0.1) is 0 Å². The number of sulfonamides is 1. The minimum absolute atomic E-state index is 0.0948. The minimum Gasteiger partial charge on any atom is -0.289 e. The first-order chi connectivity index (χ1) is 11.6. The molecule has 0 aliphatic carbocycles. The summed E-state index contributed by atoms with van der Waals surface area (Å²) in [5.41, 5.74) is 1.23. The predicted octanol–water partition coefficient (Wildman–Crippen LogP) is 2.55. The maximum atomic E-state index is 12.5. The molecular formula is C15H13F3N2O4S. The van der Waals surface area contributed by atoms with E-state index in [0.29, 0.717) is 17.7 Å². The van der Waals surface area contributed by atoms with Crippen molar-refractivity contribution in [2.75, 3.05) is 4.72 Å². The molecule has 1 amide bonds. The van der Waals surface area contributed by atoms with Crippen LogP contribution in [0.3, 0.4) is 0 Å². The Morgan fingerprint density at radius 1 is 1.00 bits per heavy atom. The van der Waals surface area contributed by atoms with Crippen LogP contribution in [0, 0.1) is 0 Å². The third-order valence-corrected chi connectivity index (χ3v) is 4.58. The summed E-state index contributed by atoms with van der Waals surface area (Å²) < 4.78 is 64.1. The first kappa shape index (κ1) is 18.7. The van der Waals surface area contributed by atoms with Gasteiger partial charge in [-0.1, -0.05) is 12.1 Å². The Morgan fingerprint density at radius 3 is 2.04 bits per heavy atom. The van der Waals surface area contributed by atoms with Crippen molar-refractivity contribution in [1.29, 1.82) is 0 Å². The Balaban J connectivity index is 2.14. The zero-order chi connectivity index (χ0) is 18.7. The monoisotopic (exact) mass is 374 g/mol. The third kappa shape index (κ3) is 4.94. The molecule has 0 atom stereocenters. The van der Waals surface area contributed by atoms with Crippen LogP contribution in [0.4, 0.5) is 18.9 Å². The summed E-state index contributed by atoms with van der Waals surface area (Å²) in [6.45, 7) is 0. The lowest BCUT2D eigenvalue weighted by molar-refractivity contribution is -0.137. The van der Waals surface area contributed by atoms with Gasteiger partial charge >= 0.3 is 6.18 Å². The van der Waals surface area contributed by atoms with E-state index >= 15 is 0 Å². The summed E-state index contributed by atoms with van der Waals surface area (Å²) in [5.74, 6) is -0.627. The van der Waals surface area contributed by atoms with Crippen LogP contribution < -0.4 is 10.2 Å². The molecule has 3 N–H and O–H groups in total. The maximum absolute atomic E-state index is 12.5. The van der Waals surface area contributed by atoms with Gasteiger partial charge in [-0.2, -0.15) is 13.2 Å². The molecule has 0 spiro atoms. The molecule has 2 rings (SSSR count). The van der Waals surface area contributed by atoms with Crippen molar-refractivity contribution in [3.63, 3.8) is 0 Å². The molecule has 25 heavy (non-hydrogen) atoms. The van der Waals surface area contributed by atoms with Crippen LogP contribution in [-0.2, 0) is 27.4 Å². The van der Waals surface area contributed by atoms with Crippen molar-refractivity contribution in [3.8, 4) is 0 Å². The van der Waals surface area contributed by atoms with Gasteiger partial charge in [0.25, 0.3) is 10.0 Å². The molecule has 10 heteroatoms. The number of hydrogen-bond acceptors (Lipinski definition) is 4. The van der Waals surface area contributed by atoms with E-state index in [9.17, 15) is 26.4 Å². The van der Waals surface area contributed by atoms with Crippen molar-refractivity contribution in [2.24, 2.45) is 0 Å². The summed E-state index contributed by atoms with van der Waals surface area (Å²) in [6, 6.07) is 8.83. The molecule has 0 heterocycles. The van der Waals surface area contributed by atoms with Gasteiger partial charge in [0.15, 0.2) is 0 Å². The van der Waals surface area contributed by atoms with Gasteiger partial charge in [-0.05, 0) is 42.0 Å². The Hall–Kier alpha value is -2.59. The normalized spacial score (nSPS) is 11.8. The average molecular weight is 374 g/mol. The van der Waals surface area contributed by atoms with Gasteiger partial charge in [0.05, 0.1) is 16.9 Å². The lowest BCUT2D eigenvalue weighted by Crippen LogP contribution is -2.20. The summed E-state index contributed by atoms with van der Waals surface area (Å²) in [7, 11) is -4.05. The molecule has 0 aromatic heterocycles. The second-order valence-corrected chi connectivity index (χ2v) is 6.72. The van der Waals surface area contributed by atoms with E-state index in [2.05, 4.69) is 4.72 Å². The number of alkyl halides is 3. The number of benzene rings is 2. The summed E-state index contributed by atoms with van der Waals surface area (Å²) >= 11 is 0. The van der Waals surface area contributed by atoms with Crippen LogP contribution in [0.25, 0.3) is 0 Å². The fourth-order valence-corrected chi connectivity index (χ4v) is 3.01. The molecule has 0 aliphatic rings. The number of carbonyl (C=O) groups excluding carboxylic acids is 1. The first-order valence-electron chi connectivity index (χ1n) is 6.84. The SMILES string of the molecule is O=C(Cc1ccc(NS(=O)(=O)c2ccc(C(F)(F)F)cc2)cc1)NO. The highest BCUT2D eigenvalue weighted by Gasteiger charge is 2.30. The van der Waals surface area contributed by atoms with E-state index in [1.807, 2.05) is 0 Å². The van der Waals surface area contributed by atoms with Crippen molar-refractivity contribution in [1.82, 2.24) is 5.48 Å². The van der Waals surface area contributed by atoms with Gasteiger partial charge in [-0.3, -0.25) is 14.7 Å². The van der Waals surface area contributed by atoms with Crippen molar-refractivity contribution in [2.45, 2.75) is 17.5 Å². The molecule has 0 radical (unpaired) electrons. The number of halogens is 3. The molecule has 2 aromatic rings. The van der Waals surface area contributed by atoms with Crippen LogP contribution in [0.15, 0.2) is 53.4 Å². The number of rotatable bonds is 5. The number of carbonyl (C=O) groups is 1. The van der Waals surface area contributed by atoms with Crippen molar-refractivity contribution < 1.29 is 31.6 Å². The highest BCUT2D eigenvalue weighted by molar-refractivity contribution is 7.92. The lowest BCUT2D eigenvalue weighted by atomic mass is 10.1. The Kier molecular flexibility index (Phi) is 5.33. The third-order valence-electron chi connectivity index (χ3n) is 3.19. The van der Waals surface area contributed by atoms with Crippen molar-refractivity contribution >= 4 is 21.6 Å². The van der Waals surface area contributed by atoms with Gasteiger partial charge < -0.3 is 0 Å². The Bertz CT molecular complexity index is 848. The summed E-state index contributed by atoms with van der Waals surface area (Å²) in [4.78, 5) is 10.7. The number of nitrogens with one attached hydrogen (secondary N) is 2. The van der Waals surface area contributed by atoms with E-state index in [-0.39, 0.29) is 17.0 Å². The standard InChI is InChI=1S/C15H13F3N2O4S/c16-15(17,18)11-3-7-13(8-4-11)25(23,24)20-12-5-1-10(2-6-12)9-14(21)19-22/h1-8,20,22H,9H2,(H,19,21). The second kappa shape index (κ2) is 7.11. The smallest absolute Gasteiger partial charge is 0.289 e. The number of hydrogen-bond donors (Lipinski definition) is 3. The topological polar surface area (TPSA) is 95.5 Å². The molecule has 2 aromatic carbocycles. The molecule has 0 aliphatic heterocycles. The number of anilines is 1. The highest BCUT2D eigenvalue weighted by Crippen LogP contribution is 2.30. The fourth-order valence-electron chi connectivity index (χ4n) is 1.95. The van der Waals surface area contributed by atoms with E-state index in [1.54, 1.807) is 0 Å². The van der Waals surface area contributed by atoms with Crippen LogP contribution in [0.5, 0.6) is 0 Å². The average Bonchev–Trinajstić information content (AvgIpc) is 2.55. The molecule has 0 saturated carbocycles. The van der Waals surface area contributed by atoms with Crippen LogP contribution in [-0.4, -0.2) is 19.5 Å². The van der Waals surface area contributed by atoms with Crippen molar-refractivity contribution in [3.05, 3.63) is 59.7 Å². The first-order valence-corrected chi connectivity index (χ1v) is 8.32. The molecule has 0 unspecified atom stereocenters. The zero-order valence-electron chi connectivity index (χ0n) is 12.5. The molecule has 0 saturated heterocycles. The van der Waals surface area contributed by atoms with E-state index in [1.165, 1.54) is 29.7 Å². The Morgan fingerprint density at radius 2 is 1.56 bits per heavy atom.